The minimum absolute atomic E-state index is 0.183. The number of fused-ring (bicyclic) bond motifs is 1. The van der Waals surface area contributed by atoms with Gasteiger partial charge in [0.2, 0.25) is 5.91 Å². The highest BCUT2D eigenvalue weighted by molar-refractivity contribution is 5.83. The molecule has 3 rings (SSSR count). The van der Waals surface area contributed by atoms with Gasteiger partial charge in [0.1, 0.15) is 11.6 Å². The fourth-order valence-corrected chi connectivity index (χ4v) is 2.59. The van der Waals surface area contributed by atoms with Gasteiger partial charge in [-0.2, -0.15) is 0 Å². The second-order valence-electron chi connectivity index (χ2n) is 5.53. The van der Waals surface area contributed by atoms with E-state index in [-0.39, 0.29) is 17.8 Å². The minimum atomic E-state index is -0.956. The largest absolute Gasteiger partial charge is 0.352 e. The average Bonchev–Trinajstić information content (AvgIpc) is 2.91. The van der Waals surface area contributed by atoms with Crippen LogP contribution in [0.5, 0.6) is 0 Å². The maximum Gasteiger partial charge on any atom is 0.323 e. The summed E-state index contributed by atoms with van der Waals surface area (Å²) >= 11 is 0. The highest BCUT2D eigenvalue weighted by Crippen LogP contribution is 2.22. The molecule has 1 heterocycles. The number of aromatic amines is 2. The molecular weight excluding hydrogens is 316 g/mol. The van der Waals surface area contributed by atoms with Crippen molar-refractivity contribution < 1.29 is 13.6 Å². The number of hydrogen-bond acceptors (Lipinski definition) is 2. The molecule has 0 radical (unpaired) electrons. The van der Waals surface area contributed by atoms with Crippen molar-refractivity contribution in [3.63, 3.8) is 0 Å². The summed E-state index contributed by atoms with van der Waals surface area (Å²) in [6.07, 6.45) is 0. The number of benzene rings is 2. The maximum absolute atomic E-state index is 13.7. The summed E-state index contributed by atoms with van der Waals surface area (Å²) in [5.41, 5.74) is 1.49. The number of hydrogen-bond donors (Lipinski definition) is 3. The molecule has 1 atom stereocenters. The Morgan fingerprint density at radius 2 is 1.79 bits per heavy atom. The van der Waals surface area contributed by atoms with Crippen molar-refractivity contribution in [1.82, 2.24) is 15.3 Å². The molecule has 124 valence electrons. The van der Waals surface area contributed by atoms with E-state index in [1.807, 2.05) is 0 Å². The topological polar surface area (TPSA) is 77.8 Å². The van der Waals surface area contributed by atoms with Crippen molar-refractivity contribution in [1.29, 1.82) is 0 Å². The molecule has 0 spiro atoms. The molecule has 0 saturated carbocycles. The molecule has 0 saturated heterocycles. The van der Waals surface area contributed by atoms with Gasteiger partial charge in [-0.1, -0.05) is 12.1 Å². The van der Waals surface area contributed by atoms with Crippen LogP contribution in [0, 0.1) is 11.6 Å². The van der Waals surface area contributed by atoms with Crippen LogP contribution < -0.4 is 11.0 Å². The van der Waals surface area contributed by atoms with E-state index in [0.717, 1.165) is 17.7 Å². The van der Waals surface area contributed by atoms with Crippen LogP contribution in [0.1, 0.15) is 24.0 Å². The Balaban J connectivity index is 1.73. The van der Waals surface area contributed by atoms with E-state index in [1.165, 1.54) is 13.0 Å². The van der Waals surface area contributed by atoms with E-state index in [1.54, 1.807) is 18.2 Å². The molecule has 2 aromatic carbocycles. The van der Waals surface area contributed by atoms with Crippen molar-refractivity contribution in [2.24, 2.45) is 0 Å². The summed E-state index contributed by atoms with van der Waals surface area (Å²) in [5, 5.41) is 2.65. The number of nitrogens with one attached hydrogen (secondary N) is 3. The van der Waals surface area contributed by atoms with Gasteiger partial charge >= 0.3 is 5.69 Å². The fourth-order valence-electron chi connectivity index (χ4n) is 2.59. The number of aromatic nitrogens is 2. The Labute approximate surface area is 135 Å². The van der Waals surface area contributed by atoms with Crippen molar-refractivity contribution in [2.45, 2.75) is 19.4 Å². The van der Waals surface area contributed by atoms with E-state index < -0.39 is 23.5 Å². The number of halogens is 2. The van der Waals surface area contributed by atoms with Crippen molar-refractivity contribution in [3.05, 3.63) is 69.6 Å². The van der Waals surface area contributed by atoms with Gasteiger partial charge in [0.05, 0.1) is 17.0 Å². The van der Waals surface area contributed by atoms with Crippen molar-refractivity contribution in [2.75, 3.05) is 0 Å². The second kappa shape index (κ2) is 6.27. The van der Waals surface area contributed by atoms with Crippen LogP contribution in [0.2, 0.25) is 0 Å². The normalized spacial score (nSPS) is 12.3. The third-order valence-electron chi connectivity index (χ3n) is 3.87. The predicted octanol–water partition coefficient (Wildman–Crippen LogP) is 2.55. The maximum atomic E-state index is 13.7. The zero-order valence-corrected chi connectivity index (χ0v) is 12.8. The van der Waals surface area contributed by atoms with Gasteiger partial charge in [-0.15, -0.1) is 0 Å². The number of amides is 1. The zero-order chi connectivity index (χ0) is 17.3. The van der Waals surface area contributed by atoms with Crippen molar-refractivity contribution in [3.8, 4) is 0 Å². The van der Waals surface area contributed by atoms with E-state index in [9.17, 15) is 18.4 Å². The number of H-pyrrole nitrogens is 2. The minimum Gasteiger partial charge on any atom is -0.352 e. The van der Waals surface area contributed by atoms with Gasteiger partial charge in [-0.25, -0.2) is 13.6 Å². The Bertz CT molecular complexity index is 942. The summed E-state index contributed by atoms with van der Waals surface area (Å²) < 4.78 is 27.5. The van der Waals surface area contributed by atoms with Crippen LogP contribution in [0.15, 0.2) is 41.2 Å². The third-order valence-corrected chi connectivity index (χ3v) is 3.87. The van der Waals surface area contributed by atoms with Gasteiger partial charge in [0.25, 0.3) is 0 Å². The Hall–Kier alpha value is -2.96. The molecule has 7 heteroatoms. The number of carbonyl (C=O) groups excluding carboxylic acids is 1. The predicted molar refractivity (Wildman–Crippen MR) is 85.5 cm³/mol. The van der Waals surface area contributed by atoms with Gasteiger partial charge < -0.3 is 15.3 Å². The molecule has 1 amide bonds. The number of carbonyl (C=O) groups is 1. The molecule has 5 nitrogen and oxygen atoms in total. The fraction of sp³-hybridized carbons (Fsp3) is 0.176. The SMILES string of the molecule is CC(C(=O)NCc1ccc2[nH]c(=O)[nH]c2c1)c1c(F)cccc1F. The summed E-state index contributed by atoms with van der Waals surface area (Å²) in [6.45, 7) is 1.63. The lowest BCUT2D eigenvalue weighted by atomic mass is 9.99. The smallest absolute Gasteiger partial charge is 0.323 e. The summed E-state index contributed by atoms with van der Waals surface area (Å²) in [4.78, 5) is 28.7. The lowest BCUT2D eigenvalue weighted by Gasteiger charge is -2.14. The lowest BCUT2D eigenvalue weighted by Crippen LogP contribution is -2.28. The molecule has 0 aliphatic rings. The molecule has 1 unspecified atom stereocenters. The first-order valence-corrected chi connectivity index (χ1v) is 7.38. The summed E-state index contributed by atoms with van der Waals surface area (Å²) in [5.74, 6) is -2.93. The van der Waals surface area contributed by atoms with E-state index in [4.69, 9.17) is 0 Å². The summed E-state index contributed by atoms with van der Waals surface area (Å²) in [7, 11) is 0. The summed E-state index contributed by atoms with van der Waals surface area (Å²) in [6, 6.07) is 8.69. The molecule has 0 aliphatic carbocycles. The van der Waals surface area contributed by atoms with Crippen LogP contribution in [0.25, 0.3) is 11.0 Å². The molecular formula is C17H15F2N3O2. The second-order valence-corrected chi connectivity index (χ2v) is 5.53. The first-order chi connectivity index (χ1) is 11.5. The van der Waals surface area contributed by atoms with Crippen LogP contribution in [-0.4, -0.2) is 15.9 Å². The molecule has 3 aromatic rings. The molecule has 0 aliphatic heterocycles. The Kier molecular flexibility index (Phi) is 4.16. The first-order valence-electron chi connectivity index (χ1n) is 7.38. The van der Waals surface area contributed by atoms with Gasteiger partial charge in [-0.3, -0.25) is 4.79 Å². The van der Waals surface area contributed by atoms with Crippen LogP contribution >= 0.6 is 0 Å². The quantitative estimate of drug-likeness (QED) is 0.687. The van der Waals surface area contributed by atoms with Crippen LogP contribution in [-0.2, 0) is 11.3 Å². The molecule has 24 heavy (non-hydrogen) atoms. The monoisotopic (exact) mass is 331 g/mol. The third kappa shape index (κ3) is 3.05. The highest BCUT2D eigenvalue weighted by atomic mass is 19.1. The molecule has 0 bridgehead atoms. The highest BCUT2D eigenvalue weighted by Gasteiger charge is 2.22. The van der Waals surface area contributed by atoms with Gasteiger partial charge in [0.15, 0.2) is 0 Å². The number of rotatable bonds is 4. The average molecular weight is 331 g/mol. The van der Waals surface area contributed by atoms with Crippen LogP contribution in [0.4, 0.5) is 8.78 Å². The van der Waals surface area contributed by atoms with E-state index >= 15 is 0 Å². The van der Waals surface area contributed by atoms with E-state index in [0.29, 0.717) is 11.0 Å². The van der Waals surface area contributed by atoms with E-state index in [2.05, 4.69) is 15.3 Å². The Morgan fingerprint density at radius 1 is 1.12 bits per heavy atom. The molecule has 0 fully saturated rings. The first kappa shape index (κ1) is 15.9. The van der Waals surface area contributed by atoms with Crippen molar-refractivity contribution >= 4 is 16.9 Å². The Morgan fingerprint density at radius 3 is 2.50 bits per heavy atom. The van der Waals surface area contributed by atoms with Gasteiger partial charge in [-0.05, 0) is 36.8 Å². The molecule has 3 N–H and O–H groups in total. The standard InChI is InChI=1S/C17H15F2N3O2/c1-9(15-11(18)3-2-4-12(15)19)16(23)20-8-10-5-6-13-14(7-10)22-17(24)21-13/h2-7,9H,8H2,1H3,(H,20,23)(H2,21,22,24). The zero-order valence-electron chi connectivity index (χ0n) is 12.8. The lowest BCUT2D eigenvalue weighted by molar-refractivity contribution is -0.122. The van der Waals surface area contributed by atoms with Gasteiger partial charge in [0, 0.05) is 12.1 Å². The number of imidazole rings is 1. The van der Waals surface area contributed by atoms with Crippen LogP contribution in [0.3, 0.4) is 0 Å². The molecule has 1 aromatic heterocycles.